The van der Waals surface area contributed by atoms with Gasteiger partial charge >= 0.3 is 5.97 Å². The van der Waals surface area contributed by atoms with Gasteiger partial charge in [-0.05, 0) is 51.5 Å². The van der Waals surface area contributed by atoms with E-state index in [1.54, 1.807) is 11.2 Å². The van der Waals surface area contributed by atoms with Gasteiger partial charge in [-0.15, -0.1) is 0 Å². The zero-order valence-electron chi connectivity index (χ0n) is 20.7. The molecular weight excluding hydrogens is 446 g/mol. The molecule has 2 unspecified atom stereocenters. The molecule has 0 aliphatic carbocycles. The number of hydrazone groups is 1. The molecule has 2 aliphatic rings. The van der Waals surface area contributed by atoms with Crippen LogP contribution in [0.15, 0.2) is 53.8 Å². The Labute approximate surface area is 206 Å². The number of amides is 1. The molecule has 2 atom stereocenters. The quantitative estimate of drug-likeness (QED) is 0.637. The SMILES string of the molecule is CC1CN(c2ccc(CNC(=O)C3=NN(c4ccccc4)C(C(=O)OC(C)(C)C)C3)cn2)CCO1. The van der Waals surface area contributed by atoms with Crippen LogP contribution in [0, 0.1) is 0 Å². The maximum absolute atomic E-state index is 12.9. The predicted octanol–water partition coefficient (Wildman–Crippen LogP) is 2.90. The molecule has 3 heterocycles. The Bertz CT molecular complexity index is 1070. The van der Waals surface area contributed by atoms with Gasteiger partial charge in [-0.25, -0.2) is 9.78 Å². The van der Waals surface area contributed by atoms with Crippen LogP contribution in [0.1, 0.15) is 39.7 Å². The number of pyridine rings is 1. The molecule has 1 amide bonds. The van der Waals surface area contributed by atoms with E-state index in [1.807, 2.05) is 70.2 Å². The van der Waals surface area contributed by atoms with Crippen molar-refractivity contribution in [1.29, 1.82) is 0 Å². The van der Waals surface area contributed by atoms with E-state index in [0.717, 1.165) is 30.2 Å². The molecule has 9 nitrogen and oxygen atoms in total. The number of carbonyl (C=O) groups is 2. The van der Waals surface area contributed by atoms with Crippen molar-refractivity contribution in [1.82, 2.24) is 10.3 Å². The normalized spacial score (nSPS) is 20.4. The molecule has 0 bridgehead atoms. The highest BCUT2D eigenvalue weighted by molar-refractivity contribution is 6.40. The molecule has 35 heavy (non-hydrogen) atoms. The number of anilines is 2. The van der Waals surface area contributed by atoms with Gasteiger partial charge < -0.3 is 19.7 Å². The number of esters is 1. The Morgan fingerprint density at radius 2 is 1.94 bits per heavy atom. The van der Waals surface area contributed by atoms with Crippen LogP contribution in [-0.4, -0.2) is 60.0 Å². The van der Waals surface area contributed by atoms with Crippen molar-refractivity contribution in [3.05, 3.63) is 54.2 Å². The first-order valence-electron chi connectivity index (χ1n) is 11.9. The third-order valence-electron chi connectivity index (χ3n) is 5.70. The molecule has 0 radical (unpaired) electrons. The summed E-state index contributed by atoms with van der Waals surface area (Å²) in [5, 5.41) is 8.97. The minimum Gasteiger partial charge on any atom is -0.458 e. The van der Waals surface area contributed by atoms with Crippen LogP contribution in [0.4, 0.5) is 11.5 Å². The largest absolute Gasteiger partial charge is 0.458 e. The molecular formula is C26H33N5O4. The number of benzene rings is 1. The van der Waals surface area contributed by atoms with Crippen LogP contribution in [0.5, 0.6) is 0 Å². The van der Waals surface area contributed by atoms with E-state index in [1.165, 1.54) is 0 Å². The predicted molar refractivity (Wildman–Crippen MR) is 134 cm³/mol. The molecule has 1 N–H and O–H groups in total. The van der Waals surface area contributed by atoms with E-state index in [9.17, 15) is 9.59 Å². The van der Waals surface area contributed by atoms with Crippen molar-refractivity contribution in [2.75, 3.05) is 29.6 Å². The van der Waals surface area contributed by atoms with Crippen molar-refractivity contribution < 1.29 is 19.1 Å². The monoisotopic (exact) mass is 479 g/mol. The molecule has 0 spiro atoms. The molecule has 1 fully saturated rings. The number of hydrogen-bond donors (Lipinski definition) is 1. The van der Waals surface area contributed by atoms with Crippen molar-refractivity contribution in [2.24, 2.45) is 5.10 Å². The first kappa shape index (κ1) is 24.7. The second-order valence-electron chi connectivity index (χ2n) is 9.81. The zero-order valence-corrected chi connectivity index (χ0v) is 20.7. The molecule has 2 aliphatic heterocycles. The number of hydrogen-bond acceptors (Lipinski definition) is 8. The second kappa shape index (κ2) is 10.4. The van der Waals surface area contributed by atoms with E-state index in [2.05, 4.69) is 20.3 Å². The van der Waals surface area contributed by atoms with Gasteiger partial charge in [-0.2, -0.15) is 5.10 Å². The number of ether oxygens (including phenoxy) is 2. The lowest BCUT2D eigenvalue weighted by molar-refractivity contribution is -0.156. The van der Waals surface area contributed by atoms with E-state index < -0.39 is 17.6 Å². The fraction of sp³-hybridized carbons (Fsp3) is 0.462. The lowest BCUT2D eigenvalue weighted by Gasteiger charge is -2.32. The number of para-hydroxylation sites is 1. The van der Waals surface area contributed by atoms with Crippen molar-refractivity contribution in [2.45, 2.75) is 58.4 Å². The van der Waals surface area contributed by atoms with E-state index in [-0.39, 0.29) is 24.1 Å². The lowest BCUT2D eigenvalue weighted by Crippen LogP contribution is -2.41. The van der Waals surface area contributed by atoms with Gasteiger partial charge in [0.15, 0.2) is 6.04 Å². The second-order valence-corrected chi connectivity index (χ2v) is 9.81. The number of morpholine rings is 1. The van der Waals surface area contributed by atoms with Crippen LogP contribution in [-0.2, 0) is 25.6 Å². The van der Waals surface area contributed by atoms with Crippen molar-refractivity contribution >= 4 is 29.1 Å². The molecule has 186 valence electrons. The zero-order chi connectivity index (χ0) is 25.0. The van der Waals surface area contributed by atoms with Gasteiger partial charge in [-0.1, -0.05) is 24.3 Å². The third kappa shape index (κ3) is 6.36. The van der Waals surface area contributed by atoms with Gasteiger partial charge in [0, 0.05) is 32.3 Å². The molecule has 1 aromatic carbocycles. The average molecular weight is 480 g/mol. The summed E-state index contributed by atoms with van der Waals surface area (Å²) in [6, 6.07) is 12.5. The molecule has 4 rings (SSSR count). The summed E-state index contributed by atoms with van der Waals surface area (Å²) in [5.74, 6) is 0.169. The summed E-state index contributed by atoms with van der Waals surface area (Å²) in [5.41, 5.74) is 1.26. The summed E-state index contributed by atoms with van der Waals surface area (Å²) in [4.78, 5) is 32.6. The maximum atomic E-state index is 12.9. The molecule has 9 heteroatoms. The summed E-state index contributed by atoms with van der Waals surface area (Å²) >= 11 is 0. The van der Waals surface area contributed by atoms with Crippen LogP contribution >= 0.6 is 0 Å². The number of aromatic nitrogens is 1. The Morgan fingerprint density at radius 3 is 2.60 bits per heavy atom. The van der Waals surface area contributed by atoms with E-state index >= 15 is 0 Å². The van der Waals surface area contributed by atoms with E-state index in [0.29, 0.717) is 13.2 Å². The van der Waals surface area contributed by atoms with Gasteiger partial charge in [0.1, 0.15) is 17.1 Å². The number of carbonyl (C=O) groups excluding carboxylic acids is 2. The van der Waals surface area contributed by atoms with Gasteiger partial charge in [0.05, 0.1) is 18.4 Å². The van der Waals surface area contributed by atoms with Crippen LogP contribution in [0.25, 0.3) is 0 Å². The smallest absolute Gasteiger partial charge is 0.331 e. The van der Waals surface area contributed by atoms with Gasteiger partial charge in [0.2, 0.25) is 0 Å². The molecule has 1 aromatic heterocycles. The number of rotatable bonds is 6. The van der Waals surface area contributed by atoms with Gasteiger partial charge in [0.25, 0.3) is 5.91 Å². The average Bonchev–Trinajstić information content (AvgIpc) is 3.28. The minimum atomic E-state index is -0.700. The summed E-state index contributed by atoms with van der Waals surface area (Å²) < 4.78 is 11.2. The van der Waals surface area contributed by atoms with Crippen LogP contribution in [0.3, 0.4) is 0 Å². The summed E-state index contributed by atoms with van der Waals surface area (Å²) in [6.07, 6.45) is 2.12. The standard InChI is InChI=1S/C26H33N5O4/c1-18-17-30(12-13-34-18)23-11-10-19(15-27-23)16-28-24(32)21-14-22(25(33)35-26(2,3)4)31(29-21)20-8-6-5-7-9-20/h5-11,15,18,22H,12-14,16-17H2,1-4H3,(H,28,32). The van der Waals surface area contributed by atoms with Crippen LogP contribution in [0.2, 0.25) is 0 Å². The fourth-order valence-electron chi connectivity index (χ4n) is 4.04. The highest BCUT2D eigenvalue weighted by Gasteiger charge is 2.38. The minimum absolute atomic E-state index is 0.169. The maximum Gasteiger partial charge on any atom is 0.331 e. The Morgan fingerprint density at radius 1 is 1.17 bits per heavy atom. The van der Waals surface area contributed by atoms with E-state index in [4.69, 9.17) is 9.47 Å². The first-order chi connectivity index (χ1) is 16.7. The molecule has 0 saturated carbocycles. The Kier molecular flexibility index (Phi) is 7.35. The molecule has 1 saturated heterocycles. The topological polar surface area (TPSA) is 96.4 Å². The summed E-state index contributed by atoms with van der Waals surface area (Å²) in [6.45, 7) is 10.1. The fourth-order valence-corrected chi connectivity index (χ4v) is 4.04. The highest BCUT2D eigenvalue weighted by atomic mass is 16.6. The van der Waals surface area contributed by atoms with Gasteiger partial charge in [-0.3, -0.25) is 9.80 Å². The summed E-state index contributed by atoms with van der Waals surface area (Å²) in [7, 11) is 0. The van der Waals surface area contributed by atoms with Crippen molar-refractivity contribution in [3.63, 3.8) is 0 Å². The van der Waals surface area contributed by atoms with Crippen LogP contribution < -0.4 is 15.2 Å². The van der Waals surface area contributed by atoms with Crippen molar-refractivity contribution in [3.8, 4) is 0 Å². The first-order valence-corrected chi connectivity index (χ1v) is 11.9. The molecule has 2 aromatic rings. The lowest BCUT2D eigenvalue weighted by atomic mass is 10.1. The highest BCUT2D eigenvalue weighted by Crippen LogP contribution is 2.26. The Hall–Kier alpha value is -3.46. The Balaban J connectivity index is 1.40. The third-order valence-corrected chi connectivity index (χ3v) is 5.70. The number of nitrogens with zero attached hydrogens (tertiary/aromatic N) is 4. The number of nitrogens with one attached hydrogen (secondary N) is 1.